The molecular weight excluding hydrogens is 340 g/mol. The van der Waals surface area contributed by atoms with Gasteiger partial charge in [0.05, 0.1) is 0 Å². The molecule has 0 saturated carbocycles. The summed E-state index contributed by atoms with van der Waals surface area (Å²) in [7, 11) is 0. The molecule has 0 atom stereocenters. The van der Waals surface area contributed by atoms with E-state index < -0.39 is 0 Å². The van der Waals surface area contributed by atoms with E-state index in [1.165, 1.54) is 5.56 Å². The third-order valence-corrected chi connectivity index (χ3v) is 4.00. The summed E-state index contributed by atoms with van der Waals surface area (Å²) in [6.07, 6.45) is 1.34. The van der Waals surface area contributed by atoms with Gasteiger partial charge in [-0.25, -0.2) is 0 Å². The molecule has 3 nitrogen and oxygen atoms in total. The Morgan fingerprint density at radius 2 is 1.95 bits per heavy atom. The molecule has 0 aliphatic carbocycles. The molecule has 0 aromatic heterocycles. The van der Waals surface area contributed by atoms with Crippen LogP contribution in [0.15, 0.2) is 46.9 Å². The minimum atomic E-state index is 0.0338. The van der Waals surface area contributed by atoms with Gasteiger partial charge in [0.25, 0.3) is 0 Å². The van der Waals surface area contributed by atoms with Crippen molar-refractivity contribution in [3.05, 3.63) is 58.1 Å². The van der Waals surface area contributed by atoms with Crippen molar-refractivity contribution in [1.82, 2.24) is 0 Å². The number of carbonyl (C=O) groups is 1. The van der Waals surface area contributed by atoms with Crippen LogP contribution in [0.4, 0.5) is 11.4 Å². The van der Waals surface area contributed by atoms with Gasteiger partial charge in [-0.1, -0.05) is 47.1 Å². The Kier molecular flexibility index (Phi) is 6.01. The monoisotopic (exact) mass is 360 g/mol. The van der Waals surface area contributed by atoms with Gasteiger partial charge in [0, 0.05) is 28.8 Å². The normalized spacial score (nSPS) is 10.3. The summed E-state index contributed by atoms with van der Waals surface area (Å²) in [5, 5.41) is 6.29. The number of hydrogen-bond donors (Lipinski definition) is 2. The fourth-order valence-electron chi connectivity index (χ4n) is 2.32. The minimum Gasteiger partial charge on any atom is -0.384 e. The number of carbonyl (C=O) groups excluding carboxylic acids is 1. The summed E-state index contributed by atoms with van der Waals surface area (Å²) in [6, 6.07) is 14.0. The highest BCUT2D eigenvalue weighted by Gasteiger charge is 2.08. The molecule has 4 heteroatoms. The standard InChI is InChI=1S/C18H21BrN2O/c1-3-14-7-4-6-13(2)18(14)21-17(22)10-11-20-16-9-5-8-15(19)12-16/h4-9,12,20H,3,10-11H2,1-2H3,(H,21,22). The fraction of sp³-hybridized carbons (Fsp3) is 0.278. The van der Waals surface area contributed by atoms with E-state index in [1.54, 1.807) is 0 Å². The first-order chi connectivity index (χ1) is 10.6. The molecule has 0 radical (unpaired) electrons. The third-order valence-electron chi connectivity index (χ3n) is 3.51. The summed E-state index contributed by atoms with van der Waals surface area (Å²) < 4.78 is 1.02. The van der Waals surface area contributed by atoms with E-state index in [0.29, 0.717) is 13.0 Å². The average molecular weight is 361 g/mol. The van der Waals surface area contributed by atoms with E-state index in [9.17, 15) is 4.79 Å². The number of halogens is 1. The van der Waals surface area contributed by atoms with Crippen LogP contribution in [-0.2, 0) is 11.2 Å². The Morgan fingerprint density at radius 1 is 1.18 bits per heavy atom. The van der Waals surface area contributed by atoms with Gasteiger partial charge in [-0.3, -0.25) is 4.79 Å². The second-order valence-corrected chi connectivity index (χ2v) is 6.11. The second kappa shape index (κ2) is 7.99. The van der Waals surface area contributed by atoms with Crippen molar-refractivity contribution in [2.75, 3.05) is 17.2 Å². The van der Waals surface area contributed by atoms with E-state index in [2.05, 4.69) is 39.6 Å². The van der Waals surface area contributed by atoms with Gasteiger partial charge in [0.1, 0.15) is 0 Å². The first-order valence-electron chi connectivity index (χ1n) is 7.48. The van der Waals surface area contributed by atoms with Gasteiger partial charge in [-0.2, -0.15) is 0 Å². The zero-order valence-electron chi connectivity index (χ0n) is 12.9. The van der Waals surface area contributed by atoms with Crippen LogP contribution < -0.4 is 10.6 Å². The molecule has 0 aliphatic heterocycles. The highest BCUT2D eigenvalue weighted by Crippen LogP contribution is 2.21. The Labute approximate surface area is 140 Å². The first kappa shape index (κ1) is 16.6. The molecule has 0 unspecified atom stereocenters. The van der Waals surface area contributed by atoms with E-state index in [4.69, 9.17) is 0 Å². The average Bonchev–Trinajstić information content (AvgIpc) is 2.49. The molecule has 0 spiro atoms. The van der Waals surface area contributed by atoms with Crippen LogP contribution >= 0.6 is 15.9 Å². The lowest BCUT2D eigenvalue weighted by molar-refractivity contribution is -0.115. The molecule has 0 heterocycles. The van der Waals surface area contributed by atoms with Crippen molar-refractivity contribution in [3.63, 3.8) is 0 Å². The molecule has 2 rings (SSSR count). The van der Waals surface area contributed by atoms with Crippen molar-refractivity contribution < 1.29 is 4.79 Å². The lowest BCUT2D eigenvalue weighted by Crippen LogP contribution is -2.17. The number of rotatable bonds is 6. The van der Waals surface area contributed by atoms with E-state index in [1.807, 2.05) is 43.3 Å². The largest absolute Gasteiger partial charge is 0.384 e. The summed E-state index contributed by atoms with van der Waals surface area (Å²) >= 11 is 3.43. The molecule has 116 valence electrons. The van der Waals surface area contributed by atoms with Crippen LogP contribution in [0.2, 0.25) is 0 Å². The van der Waals surface area contributed by atoms with Crippen molar-refractivity contribution in [2.45, 2.75) is 26.7 Å². The van der Waals surface area contributed by atoms with Crippen LogP contribution in [0.25, 0.3) is 0 Å². The van der Waals surface area contributed by atoms with Crippen LogP contribution in [0.1, 0.15) is 24.5 Å². The van der Waals surface area contributed by atoms with Crippen LogP contribution in [0, 0.1) is 6.92 Å². The minimum absolute atomic E-state index is 0.0338. The molecular formula is C18H21BrN2O. The molecule has 22 heavy (non-hydrogen) atoms. The van der Waals surface area contributed by atoms with Crippen molar-refractivity contribution in [2.24, 2.45) is 0 Å². The van der Waals surface area contributed by atoms with Gasteiger partial charge in [0.15, 0.2) is 0 Å². The lowest BCUT2D eigenvalue weighted by Gasteiger charge is -2.13. The maximum absolute atomic E-state index is 12.1. The zero-order chi connectivity index (χ0) is 15.9. The molecule has 0 fully saturated rings. The summed E-state index contributed by atoms with van der Waals surface area (Å²) in [5.41, 5.74) is 4.24. The number of hydrogen-bond acceptors (Lipinski definition) is 2. The third kappa shape index (κ3) is 4.60. The van der Waals surface area contributed by atoms with Gasteiger partial charge >= 0.3 is 0 Å². The molecule has 2 aromatic carbocycles. The highest BCUT2D eigenvalue weighted by atomic mass is 79.9. The summed E-state index contributed by atoms with van der Waals surface area (Å²) in [5.74, 6) is 0.0338. The predicted molar refractivity (Wildman–Crippen MR) is 96.4 cm³/mol. The van der Waals surface area contributed by atoms with E-state index >= 15 is 0 Å². The Bertz CT molecular complexity index is 655. The second-order valence-electron chi connectivity index (χ2n) is 5.20. The predicted octanol–water partition coefficient (Wildman–Crippen LogP) is 4.76. The molecule has 1 amide bonds. The Balaban J connectivity index is 1.89. The van der Waals surface area contributed by atoms with Crippen LogP contribution in [0.5, 0.6) is 0 Å². The highest BCUT2D eigenvalue weighted by molar-refractivity contribution is 9.10. The smallest absolute Gasteiger partial charge is 0.226 e. The van der Waals surface area contributed by atoms with Gasteiger partial charge in [-0.15, -0.1) is 0 Å². The molecule has 0 aliphatic rings. The topological polar surface area (TPSA) is 41.1 Å². The Hall–Kier alpha value is -1.81. The van der Waals surface area contributed by atoms with Gasteiger partial charge < -0.3 is 10.6 Å². The maximum atomic E-state index is 12.1. The van der Waals surface area contributed by atoms with Gasteiger partial charge in [0.2, 0.25) is 5.91 Å². The summed E-state index contributed by atoms with van der Waals surface area (Å²) in [4.78, 5) is 12.1. The maximum Gasteiger partial charge on any atom is 0.226 e. The number of nitrogens with one attached hydrogen (secondary N) is 2. The SMILES string of the molecule is CCc1cccc(C)c1NC(=O)CCNc1cccc(Br)c1. The number of benzene rings is 2. The quantitative estimate of drug-likeness (QED) is 0.779. The Morgan fingerprint density at radius 3 is 2.68 bits per heavy atom. The zero-order valence-corrected chi connectivity index (χ0v) is 14.5. The van der Waals surface area contributed by atoms with Gasteiger partial charge in [-0.05, 0) is 42.7 Å². The number of amides is 1. The number of anilines is 2. The van der Waals surface area contributed by atoms with E-state index in [-0.39, 0.29) is 5.91 Å². The fourth-order valence-corrected chi connectivity index (χ4v) is 2.72. The molecule has 2 aromatic rings. The molecule has 2 N–H and O–H groups in total. The van der Waals surface area contributed by atoms with Crippen LogP contribution in [0.3, 0.4) is 0 Å². The van der Waals surface area contributed by atoms with Crippen molar-refractivity contribution in [3.8, 4) is 0 Å². The van der Waals surface area contributed by atoms with Crippen molar-refractivity contribution >= 4 is 33.2 Å². The van der Waals surface area contributed by atoms with Crippen molar-refractivity contribution in [1.29, 1.82) is 0 Å². The summed E-state index contributed by atoms with van der Waals surface area (Å²) in [6.45, 7) is 4.73. The number of aryl methyl sites for hydroxylation is 2. The lowest BCUT2D eigenvalue weighted by atomic mass is 10.1. The molecule has 0 saturated heterocycles. The number of para-hydroxylation sites is 1. The molecule has 0 bridgehead atoms. The first-order valence-corrected chi connectivity index (χ1v) is 8.27. The van der Waals surface area contributed by atoms with Crippen LogP contribution in [-0.4, -0.2) is 12.5 Å². The van der Waals surface area contributed by atoms with E-state index in [0.717, 1.165) is 27.8 Å².